The van der Waals surface area contributed by atoms with Gasteiger partial charge in [-0.2, -0.15) is 10.1 Å². The normalized spacial score (nSPS) is 17.8. The van der Waals surface area contributed by atoms with Gasteiger partial charge in [0, 0.05) is 31.1 Å². The number of nitrogens with one attached hydrogen (secondary N) is 1. The Kier molecular flexibility index (Phi) is 4.10. The molecule has 126 valence electrons. The summed E-state index contributed by atoms with van der Waals surface area (Å²) in [4.78, 5) is 28.6. The molecule has 1 atom stereocenters. The van der Waals surface area contributed by atoms with Crippen LogP contribution in [-0.2, 0) is 11.2 Å². The highest BCUT2D eigenvalue weighted by molar-refractivity contribution is 7.22. The zero-order valence-corrected chi connectivity index (χ0v) is 14.4. The fraction of sp³-hybridized carbons (Fsp3) is 0.235. The number of rotatable bonds is 5. The number of para-hydroxylation sites is 1. The number of amides is 1. The smallest absolute Gasteiger partial charge is 0.263 e. The zero-order chi connectivity index (χ0) is 17.2. The summed E-state index contributed by atoms with van der Waals surface area (Å²) in [5.41, 5.74) is 2.63. The average Bonchev–Trinajstić information content (AvgIpc) is 3.32. The van der Waals surface area contributed by atoms with Gasteiger partial charge in [0.25, 0.3) is 5.91 Å². The molecule has 1 aromatic carbocycles. The van der Waals surface area contributed by atoms with Crippen LogP contribution in [0, 0.1) is 5.92 Å². The molecule has 1 aliphatic rings. The van der Waals surface area contributed by atoms with E-state index < -0.39 is 5.92 Å². The highest BCUT2D eigenvalue weighted by atomic mass is 32.1. The van der Waals surface area contributed by atoms with Crippen LogP contribution in [0.2, 0.25) is 0 Å². The first-order valence-electron chi connectivity index (χ1n) is 7.94. The summed E-state index contributed by atoms with van der Waals surface area (Å²) in [5.74, 6) is -0.532. The van der Waals surface area contributed by atoms with Crippen molar-refractivity contribution in [2.45, 2.75) is 13.3 Å². The first-order valence-corrected chi connectivity index (χ1v) is 8.76. The Labute approximate surface area is 148 Å². The lowest BCUT2D eigenvalue weighted by Gasteiger charge is -2.08. The van der Waals surface area contributed by atoms with Crippen LogP contribution in [0.3, 0.4) is 0 Å². The Morgan fingerprint density at radius 3 is 3.08 bits per heavy atom. The molecular formula is C17H16N6OS. The van der Waals surface area contributed by atoms with E-state index in [1.807, 2.05) is 31.2 Å². The molecule has 1 amide bonds. The van der Waals surface area contributed by atoms with Gasteiger partial charge in [-0.25, -0.2) is 9.97 Å². The van der Waals surface area contributed by atoms with Crippen LogP contribution in [0.5, 0.6) is 0 Å². The molecule has 3 heterocycles. The van der Waals surface area contributed by atoms with Crippen LogP contribution in [0.1, 0.15) is 12.6 Å². The molecular weight excluding hydrogens is 336 g/mol. The fourth-order valence-corrected chi connectivity index (χ4v) is 3.55. The second-order valence-electron chi connectivity index (χ2n) is 5.72. The number of nitrogens with zero attached hydrogens (tertiary/aromatic N) is 5. The molecule has 1 N–H and O–H groups in total. The number of aromatic nitrogens is 3. The molecule has 0 saturated heterocycles. The molecule has 0 saturated carbocycles. The van der Waals surface area contributed by atoms with Crippen molar-refractivity contribution < 1.29 is 4.79 Å². The van der Waals surface area contributed by atoms with Gasteiger partial charge >= 0.3 is 0 Å². The van der Waals surface area contributed by atoms with Crippen molar-refractivity contribution in [3.05, 3.63) is 42.5 Å². The molecule has 2 aromatic heterocycles. The maximum absolute atomic E-state index is 12.7. The molecule has 0 radical (unpaired) electrons. The van der Waals surface area contributed by atoms with Gasteiger partial charge in [0.2, 0.25) is 5.13 Å². The number of fused-ring (bicyclic) bond motifs is 1. The first-order chi connectivity index (χ1) is 12.2. The minimum Gasteiger partial charge on any atom is -0.348 e. The average molecular weight is 352 g/mol. The summed E-state index contributed by atoms with van der Waals surface area (Å²) >= 11 is 1.46. The van der Waals surface area contributed by atoms with E-state index in [2.05, 4.69) is 25.0 Å². The second kappa shape index (κ2) is 6.56. The molecule has 8 heteroatoms. The van der Waals surface area contributed by atoms with E-state index in [1.54, 1.807) is 18.7 Å². The highest BCUT2D eigenvalue weighted by Gasteiger charge is 2.34. The van der Waals surface area contributed by atoms with Gasteiger partial charge in [-0.1, -0.05) is 23.5 Å². The van der Waals surface area contributed by atoms with Crippen molar-refractivity contribution >= 4 is 44.5 Å². The predicted octanol–water partition coefficient (Wildman–Crippen LogP) is 2.67. The van der Waals surface area contributed by atoms with Gasteiger partial charge < -0.3 is 4.98 Å². The van der Waals surface area contributed by atoms with E-state index >= 15 is 0 Å². The molecule has 1 aliphatic heterocycles. The van der Waals surface area contributed by atoms with Crippen molar-refractivity contribution in [2.24, 2.45) is 16.0 Å². The number of anilines is 1. The Balaban J connectivity index is 1.47. The predicted molar refractivity (Wildman–Crippen MR) is 99.4 cm³/mol. The molecule has 3 aromatic rings. The third kappa shape index (κ3) is 3.08. The topological polar surface area (TPSA) is 86.6 Å². The fourth-order valence-electron chi connectivity index (χ4n) is 2.63. The molecule has 0 fully saturated rings. The number of hydrogen-bond acceptors (Lipinski definition) is 6. The Morgan fingerprint density at radius 2 is 2.28 bits per heavy atom. The first kappa shape index (κ1) is 15.6. The van der Waals surface area contributed by atoms with Crippen molar-refractivity contribution in [3.63, 3.8) is 0 Å². The molecule has 0 bridgehead atoms. The maximum Gasteiger partial charge on any atom is 0.263 e. The summed E-state index contributed by atoms with van der Waals surface area (Å²) < 4.78 is 1.04. The number of hydrazone groups is 1. The van der Waals surface area contributed by atoms with Crippen molar-refractivity contribution in [3.8, 4) is 0 Å². The number of aliphatic imine (C=N–C) groups is 1. The zero-order valence-electron chi connectivity index (χ0n) is 13.6. The summed E-state index contributed by atoms with van der Waals surface area (Å²) in [6.45, 7) is 2.44. The van der Waals surface area contributed by atoms with Crippen LogP contribution < -0.4 is 5.01 Å². The van der Waals surface area contributed by atoms with Crippen molar-refractivity contribution in [1.29, 1.82) is 0 Å². The van der Waals surface area contributed by atoms with E-state index in [4.69, 9.17) is 0 Å². The summed E-state index contributed by atoms with van der Waals surface area (Å²) in [7, 11) is 0. The summed E-state index contributed by atoms with van der Waals surface area (Å²) in [6, 6.07) is 7.81. The third-order valence-corrected chi connectivity index (χ3v) is 4.98. The maximum atomic E-state index is 12.7. The standard InChI is InChI=1S/C17H16N6OS/c1-11-13(9-18-7-6-12-8-19-10-20-12)16(24)23(22-11)17-21-14-4-2-3-5-15(14)25-17/h2-5,8-10,13H,6-7H2,1H3,(H,19,20)/t13-/m0/s1. The number of thiazole rings is 1. The van der Waals surface area contributed by atoms with E-state index in [0.717, 1.165) is 28.0 Å². The van der Waals surface area contributed by atoms with Gasteiger partial charge in [0.15, 0.2) is 0 Å². The van der Waals surface area contributed by atoms with Crippen molar-refractivity contribution in [1.82, 2.24) is 15.0 Å². The molecule has 7 nitrogen and oxygen atoms in total. The minimum atomic E-state index is -0.422. The van der Waals surface area contributed by atoms with Gasteiger partial charge in [-0.15, -0.1) is 0 Å². The highest BCUT2D eigenvalue weighted by Crippen LogP contribution is 2.31. The third-order valence-electron chi connectivity index (χ3n) is 3.97. The van der Waals surface area contributed by atoms with E-state index in [1.165, 1.54) is 16.3 Å². The van der Waals surface area contributed by atoms with Crippen LogP contribution in [0.15, 0.2) is 46.9 Å². The number of carbonyl (C=O) groups is 1. The Hall–Kier alpha value is -2.87. The summed E-state index contributed by atoms with van der Waals surface area (Å²) in [5, 5.41) is 6.38. The monoisotopic (exact) mass is 352 g/mol. The van der Waals surface area contributed by atoms with Gasteiger partial charge in [-0.3, -0.25) is 9.79 Å². The quantitative estimate of drug-likeness (QED) is 0.716. The number of benzene rings is 1. The lowest BCUT2D eigenvalue weighted by molar-refractivity contribution is -0.118. The number of carbonyl (C=O) groups excluding carboxylic acids is 1. The second-order valence-corrected chi connectivity index (χ2v) is 6.72. The van der Waals surface area contributed by atoms with Crippen molar-refractivity contribution in [2.75, 3.05) is 11.6 Å². The minimum absolute atomic E-state index is 0.109. The number of H-pyrrole nitrogens is 1. The van der Waals surface area contributed by atoms with Gasteiger partial charge in [0.05, 0.1) is 22.3 Å². The molecule has 4 rings (SSSR count). The number of imidazole rings is 1. The molecule has 0 aliphatic carbocycles. The summed E-state index contributed by atoms with van der Waals surface area (Å²) in [6.07, 6.45) is 5.87. The van der Waals surface area contributed by atoms with E-state index in [9.17, 15) is 4.79 Å². The van der Waals surface area contributed by atoms with Gasteiger partial charge in [0.1, 0.15) is 5.92 Å². The molecule has 0 unspecified atom stereocenters. The van der Waals surface area contributed by atoms with Crippen LogP contribution in [-0.4, -0.2) is 39.3 Å². The number of aromatic amines is 1. The Bertz CT molecular complexity index is 926. The molecule has 0 spiro atoms. The largest absolute Gasteiger partial charge is 0.348 e. The Morgan fingerprint density at radius 1 is 1.40 bits per heavy atom. The van der Waals surface area contributed by atoms with Crippen LogP contribution >= 0.6 is 11.3 Å². The number of hydrogen-bond donors (Lipinski definition) is 1. The lowest BCUT2D eigenvalue weighted by Crippen LogP contribution is -2.28. The van der Waals surface area contributed by atoms with E-state index in [0.29, 0.717) is 11.7 Å². The molecule has 25 heavy (non-hydrogen) atoms. The van der Waals surface area contributed by atoms with E-state index in [-0.39, 0.29) is 5.91 Å². The lowest BCUT2D eigenvalue weighted by atomic mass is 10.1. The SMILES string of the molecule is CC1=NN(c2nc3ccccc3s2)C(=O)[C@H]1C=NCCc1cnc[nH]1. The van der Waals surface area contributed by atoms with Crippen LogP contribution in [0.4, 0.5) is 5.13 Å². The van der Waals surface area contributed by atoms with Crippen LogP contribution in [0.25, 0.3) is 10.2 Å². The van der Waals surface area contributed by atoms with Gasteiger partial charge in [-0.05, 0) is 19.1 Å².